The molecule has 1 saturated heterocycles. The van der Waals surface area contributed by atoms with Gasteiger partial charge in [0.2, 0.25) is 0 Å². The lowest BCUT2D eigenvalue weighted by atomic mass is 9.89. The van der Waals surface area contributed by atoms with E-state index in [2.05, 4.69) is 10.2 Å². The molecule has 0 spiro atoms. The van der Waals surface area contributed by atoms with E-state index in [9.17, 15) is 5.11 Å². The van der Waals surface area contributed by atoms with Gasteiger partial charge >= 0.3 is 0 Å². The third kappa shape index (κ3) is 2.73. The highest BCUT2D eigenvalue weighted by atomic mass is 35.5. The zero-order valence-corrected chi connectivity index (χ0v) is 10.9. The largest absolute Gasteiger partial charge is 0.394 e. The Kier molecular flexibility index (Phi) is 3.92. The van der Waals surface area contributed by atoms with Gasteiger partial charge in [-0.2, -0.15) is 0 Å². The minimum Gasteiger partial charge on any atom is -0.394 e. The summed E-state index contributed by atoms with van der Waals surface area (Å²) in [5.74, 6) is 0. The first-order valence-corrected chi connectivity index (χ1v) is 6.37. The number of aliphatic hydroxyl groups is 1. The zero-order valence-electron chi connectivity index (χ0n) is 10.1. The minimum absolute atomic E-state index is 0.169. The maximum atomic E-state index is 9.54. The number of nitrogens with zero attached hydrogens (tertiary/aromatic N) is 1. The molecule has 17 heavy (non-hydrogen) atoms. The van der Waals surface area contributed by atoms with Gasteiger partial charge in [0.15, 0.2) is 0 Å². The molecule has 0 aliphatic carbocycles. The third-order valence-electron chi connectivity index (χ3n) is 3.60. The monoisotopic (exact) mass is 254 g/mol. The Labute approximate surface area is 107 Å². The molecule has 0 aromatic heterocycles. The van der Waals surface area contributed by atoms with E-state index < -0.39 is 0 Å². The molecule has 1 fully saturated rings. The van der Waals surface area contributed by atoms with Crippen molar-refractivity contribution < 1.29 is 5.11 Å². The van der Waals surface area contributed by atoms with Gasteiger partial charge in [-0.3, -0.25) is 0 Å². The Morgan fingerprint density at radius 3 is 2.71 bits per heavy atom. The fourth-order valence-corrected chi connectivity index (χ4v) is 2.54. The Balaban J connectivity index is 2.14. The summed E-state index contributed by atoms with van der Waals surface area (Å²) in [6, 6.07) is 7.88. The summed E-state index contributed by atoms with van der Waals surface area (Å²) < 4.78 is 0. The standard InChI is InChI=1S/C13H19ClN2O/c1-15-13(10-17)7-2-8-16(9-13)12-5-3-11(14)4-6-12/h3-6,15,17H,2,7-10H2,1H3. The highest BCUT2D eigenvalue weighted by molar-refractivity contribution is 6.30. The van der Waals surface area contributed by atoms with Crippen LogP contribution in [0, 0.1) is 0 Å². The lowest BCUT2D eigenvalue weighted by Gasteiger charge is -2.42. The van der Waals surface area contributed by atoms with E-state index in [1.807, 2.05) is 31.3 Å². The maximum Gasteiger partial charge on any atom is 0.0630 e. The average molecular weight is 255 g/mol. The Bertz CT molecular complexity index is 362. The summed E-state index contributed by atoms with van der Waals surface area (Å²) in [5.41, 5.74) is 1.000. The predicted molar refractivity (Wildman–Crippen MR) is 71.8 cm³/mol. The van der Waals surface area contributed by atoms with Gasteiger partial charge in [0, 0.05) is 23.8 Å². The SMILES string of the molecule is CNC1(CO)CCCN(c2ccc(Cl)cc2)C1. The number of benzene rings is 1. The van der Waals surface area contributed by atoms with Gasteiger partial charge < -0.3 is 15.3 Å². The quantitative estimate of drug-likeness (QED) is 0.865. The fraction of sp³-hybridized carbons (Fsp3) is 0.538. The van der Waals surface area contributed by atoms with E-state index in [0.717, 1.165) is 31.0 Å². The number of hydrogen-bond donors (Lipinski definition) is 2. The van der Waals surface area contributed by atoms with E-state index in [-0.39, 0.29) is 12.1 Å². The number of rotatable bonds is 3. The van der Waals surface area contributed by atoms with Crippen LogP contribution in [0.5, 0.6) is 0 Å². The van der Waals surface area contributed by atoms with Gasteiger partial charge in [-0.25, -0.2) is 0 Å². The van der Waals surface area contributed by atoms with Crippen molar-refractivity contribution >= 4 is 17.3 Å². The molecule has 2 rings (SSSR count). The lowest BCUT2D eigenvalue weighted by molar-refractivity contribution is 0.149. The number of halogens is 1. The second kappa shape index (κ2) is 5.25. The van der Waals surface area contributed by atoms with Crippen LogP contribution in [0.2, 0.25) is 5.02 Å². The summed E-state index contributed by atoms with van der Waals surface area (Å²) in [7, 11) is 1.92. The van der Waals surface area contributed by atoms with Gasteiger partial charge in [-0.15, -0.1) is 0 Å². The lowest BCUT2D eigenvalue weighted by Crippen LogP contribution is -2.58. The third-order valence-corrected chi connectivity index (χ3v) is 3.85. The minimum atomic E-state index is -0.169. The molecule has 1 heterocycles. The number of aliphatic hydroxyl groups excluding tert-OH is 1. The number of hydrogen-bond acceptors (Lipinski definition) is 3. The Hall–Kier alpha value is -0.770. The van der Waals surface area contributed by atoms with Crippen molar-refractivity contribution in [3.63, 3.8) is 0 Å². The van der Waals surface area contributed by atoms with Crippen LogP contribution in [0.25, 0.3) is 0 Å². The van der Waals surface area contributed by atoms with Gasteiger partial charge in [0.25, 0.3) is 0 Å². The van der Waals surface area contributed by atoms with Crippen LogP contribution in [0.3, 0.4) is 0 Å². The molecular formula is C13H19ClN2O. The predicted octanol–water partition coefficient (Wildman–Crippen LogP) is 1.89. The first-order valence-electron chi connectivity index (χ1n) is 5.99. The first kappa shape index (κ1) is 12.7. The second-order valence-electron chi connectivity index (χ2n) is 4.69. The highest BCUT2D eigenvalue weighted by Crippen LogP contribution is 2.26. The van der Waals surface area contributed by atoms with Crippen molar-refractivity contribution in [2.75, 3.05) is 31.6 Å². The highest BCUT2D eigenvalue weighted by Gasteiger charge is 2.33. The average Bonchev–Trinajstić information content (AvgIpc) is 2.39. The van der Waals surface area contributed by atoms with Gasteiger partial charge in [0.05, 0.1) is 12.1 Å². The molecule has 1 aliphatic rings. The van der Waals surface area contributed by atoms with Crippen molar-refractivity contribution in [3.05, 3.63) is 29.3 Å². The summed E-state index contributed by atoms with van der Waals surface area (Å²) in [6.07, 6.45) is 2.11. The van der Waals surface area contributed by atoms with Crippen LogP contribution in [0.4, 0.5) is 5.69 Å². The van der Waals surface area contributed by atoms with Crippen LogP contribution in [-0.4, -0.2) is 37.4 Å². The smallest absolute Gasteiger partial charge is 0.0630 e. The van der Waals surface area contributed by atoms with E-state index in [1.54, 1.807) is 0 Å². The Morgan fingerprint density at radius 2 is 2.12 bits per heavy atom. The van der Waals surface area contributed by atoms with Crippen molar-refractivity contribution in [2.24, 2.45) is 0 Å². The van der Waals surface area contributed by atoms with Crippen LogP contribution in [-0.2, 0) is 0 Å². The van der Waals surface area contributed by atoms with Crippen molar-refractivity contribution in [1.82, 2.24) is 5.32 Å². The zero-order chi connectivity index (χ0) is 12.3. The van der Waals surface area contributed by atoms with Crippen molar-refractivity contribution in [3.8, 4) is 0 Å². The molecule has 1 aliphatic heterocycles. The molecule has 0 radical (unpaired) electrons. The van der Waals surface area contributed by atoms with Gasteiger partial charge in [0.1, 0.15) is 0 Å². The van der Waals surface area contributed by atoms with Crippen LogP contribution >= 0.6 is 11.6 Å². The topological polar surface area (TPSA) is 35.5 Å². The van der Waals surface area contributed by atoms with Crippen molar-refractivity contribution in [2.45, 2.75) is 18.4 Å². The normalized spacial score (nSPS) is 25.0. The first-order chi connectivity index (χ1) is 8.19. The molecule has 1 atom stereocenters. The van der Waals surface area contributed by atoms with E-state index >= 15 is 0 Å². The van der Waals surface area contributed by atoms with E-state index in [1.165, 1.54) is 5.69 Å². The van der Waals surface area contributed by atoms with Gasteiger partial charge in [-0.1, -0.05) is 11.6 Å². The van der Waals surface area contributed by atoms with Crippen molar-refractivity contribution in [1.29, 1.82) is 0 Å². The summed E-state index contributed by atoms with van der Waals surface area (Å²) in [5, 5.41) is 13.6. The maximum absolute atomic E-state index is 9.54. The number of piperidine rings is 1. The summed E-state index contributed by atoms with van der Waals surface area (Å²) in [4.78, 5) is 2.30. The van der Waals surface area contributed by atoms with Gasteiger partial charge in [-0.05, 0) is 44.2 Å². The van der Waals surface area contributed by atoms with Crippen LogP contribution < -0.4 is 10.2 Å². The number of anilines is 1. The molecule has 0 bridgehead atoms. The van der Waals surface area contributed by atoms with Crippen LogP contribution in [0.15, 0.2) is 24.3 Å². The molecule has 1 aromatic rings. The molecule has 3 nitrogen and oxygen atoms in total. The molecule has 4 heteroatoms. The number of likely N-dealkylation sites (N-methyl/N-ethyl adjacent to an activating group) is 1. The number of nitrogens with one attached hydrogen (secondary N) is 1. The Morgan fingerprint density at radius 1 is 1.41 bits per heavy atom. The summed E-state index contributed by atoms with van der Waals surface area (Å²) >= 11 is 5.89. The molecule has 1 unspecified atom stereocenters. The fourth-order valence-electron chi connectivity index (χ4n) is 2.42. The van der Waals surface area contributed by atoms with Crippen LogP contribution in [0.1, 0.15) is 12.8 Å². The molecule has 0 amide bonds. The molecule has 2 N–H and O–H groups in total. The molecule has 1 aromatic carbocycles. The van der Waals surface area contributed by atoms with E-state index in [4.69, 9.17) is 11.6 Å². The summed E-state index contributed by atoms with van der Waals surface area (Å²) in [6.45, 7) is 2.04. The van der Waals surface area contributed by atoms with E-state index in [0.29, 0.717) is 0 Å². The molecular weight excluding hydrogens is 236 g/mol. The molecule has 94 valence electrons. The second-order valence-corrected chi connectivity index (χ2v) is 5.13. The molecule has 0 saturated carbocycles.